The number of hydrogen-bond acceptors (Lipinski definition) is 4. The van der Waals surface area contributed by atoms with Crippen molar-refractivity contribution < 1.29 is 14.2 Å². The fourth-order valence-corrected chi connectivity index (χ4v) is 2.31. The predicted octanol–water partition coefficient (Wildman–Crippen LogP) is 2.80. The second-order valence-corrected chi connectivity index (χ2v) is 5.90. The zero-order valence-corrected chi connectivity index (χ0v) is 17.7. The first-order valence-electron chi connectivity index (χ1n) is 8.50. The molecule has 0 radical (unpaired) electrons. The Balaban J connectivity index is 0.00000312. The average Bonchev–Trinajstić information content (AvgIpc) is 3.44. The summed E-state index contributed by atoms with van der Waals surface area (Å²) in [6, 6.07) is 5.79. The van der Waals surface area contributed by atoms with E-state index in [0.717, 1.165) is 55.1 Å². The van der Waals surface area contributed by atoms with Gasteiger partial charge < -0.3 is 24.8 Å². The number of aliphatic imine (C=N–C) groups is 1. The quantitative estimate of drug-likeness (QED) is 0.242. The number of guanidine groups is 1. The van der Waals surface area contributed by atoms with E-state index in [1.807, 2.05) is 18.2 Å². The van der Waals surface area contributed by atoms with Gasteiger partial charge in [-0.05, 0) is 37.3 Å². The Morgan fingerprint density at radius 1 is 1.20 bits per heavy atom. The van der Waals surface area contributed by atoms with Crippen LogP contribution < -0.4 is 20.1 Å². The van der Waals surface area contributed by atoms with Crippen molar-refractivity contribution in [3.05, 3.63) is 23.8 Å². The number of nitrogens with one attached hydrogen (secondary N) is 2. The Kier molecular flexibility index (Phi) is 10.6. The van der Waals surface area contributed by atoms with Gasteiger partial charge in [-0.15, -0.1) is 24.0 Å². The molecule has 0 unspecified atom stereocenters. The Labute approximate surface area is 167 Å². The number of ether oxygens (including phenoxy) is 3. The largest absolute Gasteiger partial charge is 0.497 e. The van der Waals surface area contributed by atoms with Crippen molar-refractivity contribution in [3.63, 3.8) is 0 Å². The van der Waals surface area contributed by atoms with Gasteiger partial charge in [-0.3, -0.25) is 4.99 Å². The molecule has 1 aromatic rings. The van der Waals surface area contributed by atoms with Gasteiger partial charge in [0.15, 0.2) is 5.96 Å². The summed E-state index contributed by atoms with van der Waals surface area (Å²) in [6.07, 6.45) is 3.65. The van der Waals surface area contributed by atoms with Crippen LogP contribution in [0.15, 0.2) is 23.2 Å². The van der Waals surface area contributed by atoms with Crippen LogP contribution in [-0.4, -0.2) is 47.0 Å². The van der Waals surface area contributed by atoms with Crippen LogP contribution >= 0.6 is 24.0 Å². The zero-order valence-electron chi connectivity index (χ0n) is 15.3. The smallest absolute Gasteiger partial charge is 0.191 e. The van der Waals surface area contributed by atoms with Gasteiger partial charge in [0.2, 0.25) is 0 Å². The molecule has 2 N–H and O–H groups in total. The fourth-order valence-electron chi connectivity index (χ4n) is 2.31. The van der Waals surface area contributed by atoms with Gasteiger partial charge in [-0.25, -0.2) is 0 Å². The van der Waals surface area contributed by atoms with Crippen molar-refractivity contribution in [1.29, 1.82) is 0 Å². The Morgan fingerprint density at radius 2 is 2.00 bits per heavy atom. The summed E-state index contributed by atoms with van der Waals surface area (Å²) in [7, 11) is 5.07. The van der Waals surface area contributed by atoms with Crippen molar-refractivity contribution in [3.8, 4) is 11.5 Å². The van der Waals surface area contributed by atoms with E-state index in [1.54, 1.807) is 21.3 Å². The molecule has 1 aliphatic carbocycles. The topological polar surface area (TPSA) is 64.1 Å². The van der Waals surface area contributed by atoms with Gasteiger partial charge in [-0.2, -0.15) is 0 Å². The van der Waals surface area contributed by atoms with Crippen molar-refractivity contribution >= 4 is 29.9 Å². The molecule has 0 aliphatic heterocycles. The average molecular weight is 463 g/mol. The highest BCUT2D eigenvalue weighted by Gasteiger charge is 2.20. The summed E-state index contributed by atoms with van der Waals surface area (Å²) in [4.78, 5) is 4.24. The minimum Gasteiger partial charge on any atom is -0.497 e. The molecule has 0 bridgehead atoms. The van der Waals surface area contributed by atoms with Gasteiger partial charge >= 0.3 is 0 Å². The maximum Gasteiger partial charge on any atom is 0.191 e. The number of methoxy groups -OCH3 is 2. The second-order valence-electron chi connectivity index (χ2n) is 5.90. The lowest BCUT2D eigenvalue weighted by atomic mass is 10.2. The molecular formula is C18H30IN3O3. The zero-order chi connectivity index (χ0) is 17.2. The highest BCUT2D eigenvalue weighted by molar-refractivity contribution is 14.0. The van der Waals surface area contributed by atoms with Crippen LogP contribution in [0.25, 0.3) is 0 Å². The van der Waals surface area contributed by atoms with E-state index in [2.05, 4.69) is 15.6 Å². The van der Waals surface area contributed by atoms with Gasteiger partial charge in [0.25, 0.3) is 0 Å². The number of nitrogens with zero attached hydrogens (tertiary/aromatic N) is 1. The van der Waals surface area contributed by atoms with Crippen LogP contribution in [-0.2, 0) is 11.3 Å². The fraction of sp³-hybridized carbons (Fsp3) is 0.611. The van der Waals surface area contributed by atoms with Crippen molar-refractivity contribution in [2.24, 2.45) is 10.9 Å². The standard InChI is InChI=1S/C18H29N3O3.HI/c1-19-18(20-9-4-10-24-13-14-5-6-14)21-12-15-7-8-16(22-2)11-17(15)23-3;/h7-8,11,14H,4-6,9-10,12-13H2,1-3H3,(H2,19,20,21);1H. The summed E-state index contributed by atoms with van der Waals surface area (Å²) in [5.41, 5.74) is 1.05. The normalized spacial score (nSPS) is 13.8. The first-order chi connectivity index (χ1) is 11.8. The summed E-state index contributed by atoms with van der Waals surface area (Å²) in [6.45, 7) is 3.19. The van der Waals surface area contributed by atoms with E-state index in [4.69, 9.17) is 14.2 Å². The van der Waals surface area contributed by atoms with Crippen LogP contribution in [0.2, 0.25) is 0 Å². The van der Waals surface area contributed by atoms with E-state index in [1.165, 1.54) is 12.8 Å². The van der Waals surface area contributed by atoms with E-state index < -0.39 is 0 Å². The molecule has 0 saturated heterocycles. The molecule has 25 heavy (non-hydrogen) atoms. The first-order valence-corrected chi connectivity index (χ1v) is 8.50. The predicted molar refractivity (Wildman–Crippen MR) is 111 cm³/mol. The second kappa shape index (κ2) is 12.2. The SMILES string of the molecule is CN=C(NCCCOCC1CC1)NCc1ccc(OC)cc1OC.I. The highest BCUT2D eigenvalue weighted by Crippen LogP contribution is 2.28. The maximum absolute atomic E-state index is 5.63. The minimum absolute atomic E-state index is 0. The molecule has 0 heterocycles. The van der Waals surface area contributed by atoms with Gasteiger partial charge in [0.05, 0.1) is 14.2 Å². The van der Waals surface area contributed by atoms with Gasteiger partial charge in [0, 0.05) is 45.0 Å². The molecule has 1 aromatic carbocycles. The molecule has 2 rings (SSSR count). The lowest BCUT2D eigenvalue weighted by Crippen LogP contribution is -2.37. The molecule has 6 nitrogen and oxygen atoms in total. The van der Waals surface area contributed by atoms with E-state index >= 15 is 0 Å². The van der Waals surface area contributed by atoms with E-state index in [0.29, 0.717) is 6.54 Å². The molecular weight excluding hydrogens is 433 g/mol. The summed E-state index contributed by atoms with van der Waals surface area (Å²) < 4.78 is 16.2. The lowest BCUT2D eigenvalue weighted by Gasteiger charge is -2.14. The third kappa shape index (κ3) is 8.13. The number of rotatable bonds is 10. The molecule has 0 amide bonds. The van der Waals surface area contributed by atoms with Crippen molar-refractivity contribution in [2.75, 3.05) is 41.0 Å². The molecule has 7 heteroatoms. The molecule has 1 saturated carbocycles. The Hall–Kier alpha value is -1.22. The Morgan fingerprint density at radius 3 is 2.64 bits per heavy atom. The molecule has 142 valence electrons. The number of benzene rings is 1. The maximum atomic E-state index is 5.63. The summed E-state index contributed by atoms with van der Waals surface area (Å²) in [5.74, 6) is 3.18. The molecule has 1 aliphatic rings. The monoisotopic (exact) mass is 463 g/mol. The van der Waals surface area contributed by atoms with Crippen LogP contribution in [0.1, 0.15) is 24.8 Å². The number of halogens is 1. The van der Waals surface area contributed by atoms with Crippen LogP contribution in [0.5, 0.6) is 11.5 Å². The summed E-state index contributed by atoms with van der Waals surface area (Å²) >= 11 is 0. The van der Waals surface area contributed by atoms with Gasteiger partial charge in [0.1, 0.15) is 11.5 Å². The third-order valence-electron chi connectivity index (χ3n) is 3.97. The van der Waals surface area contributed by atoms with Crippen LogP contribution in [0.3, 0.4) is 0 Å². The van der Waals surface area contributed by atoms with Crippen molar-refractivity contribution in [2.45, 2.75) is 25.8 Å². The number of hydrogen-bond donors (Lipinski definition) is 2. The van der Waals surface area contributed by atoms with Crippen molar-refractivity contribution in [1.82, 2.24) is 10.6 Å². The molecule has 0 aromatic heterocycles. The molecule has 1 fully saturated rings. The van der Waals surface area contributed by atoms with Crippen LogP contribution in [0.4, 0.5) is 0 Å². The summed E-state index contributed by atoms with van der Waals surface area (Å²) in [5, 5.41) is 6.59. The Bertz CT molecular complexity index is 536. The van der Waals surface area contributed by atoms with E-state index in [-0.39, 0.29) is 24.0 Å². The van der Waals surface area contributed by atoms with Gasteiger partial charge in [-0.1, -0.05) is 0 Å². The minimum atomic E-state index is 0. The van der Waals surface area contributed by atoms with Crippen LogP contribution in [0, 0.1) is 5.92 Å². The third-order valence-corrected chi connectivity index (χ3v) is 3.97. The molecule has 0 atom stereocenters. The molecule has 0 spiro atoms. The lowest BCUT2D eigenvalue weighted by molar-refractivity contribution is 0.123. The van der Waals surface area contributed by atoms with E-state index in [9.17, 15) is 0 Å². The first kappa shape index (κ1) is 21.8. The highest BCUT2D eigenvalue weighted by atomic mass is 127.